The summed E-state index contributed by atoms with van der Waals surface area (Å²) in [6, 6.07) is 5.66. The summed E-state index contributed by atoms with van der Waals surface area (Å²) in [7, 11) is 0. The zero-order valence-electron chi connectivity index (χ0n) is 13.1. The summed E-state index contributed by atoms with van der Waals surface area (Å²) in [5.41, 5.74) is 2.78. The second-order valence-electron chi connectivity index (χ2n) is 6.05. The first-order valence-electron chi connectivity index (χ1n) is 7.64. The molecule has 0 aromatic heterocycles. The van der Waals surface area contributed by atoms with Gasteiger partial charge < -0.3 is 10.2 Å². The number of Topliss-reactive ketones (excluding diaryl/α,β-unsaturated/α-hetero) is 1. The molecule has 1 heterocycles. The average molecular weight is 288 g/mol. The van der Waals surface area contributed by atoms with Crippen molar-refractivity contribution in [1.29, 1.82) is 0 Å². The minimum atomic E-state index is 0.0585. The average Bonchev–Trinajstić information content (AvgIpc) is 2.86. The maximum absolute atomic E-state index is 12.2. The van der Waals surface area contributed by atoms with Gasteiger partial charge in [-0.3, -0.25) is 9.59 Å². The van der Waals surface area contributed by atoms with Gasteiger partial charge in [-0.05, 0) is 49.1 Å². The van der Waals surface area contributed by atoms with E-state index in [4.69, 9.17) is 0 Å². The van der Waals surface area contributed by atoms with Crippen molar-refractivity contribution < 1.29 is 9.59 Å². The number of nitrogens with zero attached hydrogens (tertiary/aromatic N) is 1. The zero-order valence-corrected chi connectivity index (χ0v) is 13.1. The summed E-state index contributed by atoms with van der Waals surface area (Å²) in [6.07, 6.45) is 1.90. The van der Waals surface area contributed by atoms with Crippen molar-refractivity contribution in [2.45, 2.75) is 33.6 Å². The number of anilines is 1. The Kier molecular flexibility index (Phi) is 5.12. The van der Waals surface area contributed by atoms with E-state index in [0.717, 1.165) is 42.7 Å². The Morgan fingerprint density at radius 2 is 2.10 bits per heavy atom. The van der Waals surface area contributed by atoms with E-state index in [-0.39, 0.29) is 11.7 Å². The molecule has 1 aliphatic heterocycles. The highest BCUT2D eigenvalue weighted by Gasteiger charge is 2.22. The van der Waals surface area contributed by atoms with Crippen LogP contribution in [0.4, 0.5) is 5.69 Å². The van der Waals surface area contributed by atoms with Crippen LogP contribution < -0.4 is 10.2 Å². The number of amides is 1. The highest BCUT2D eigenvalue weighted by molar-refractivity contribution is 5.99. The maximum atomic E-state index is 12.2. The molecule has 4 nitrogen and oxygen atoms in total. The van der Waals surface area contributed by atoms with Crippen LogP contribution in [0.5, 0.6) is 0 Å². The molecule has 0 fully saturated rings. The molecule has 114 valence electrons. The summed E-state index contributed by atoms with van der Waals surface area (Å²) in [6.45, 7) is 7.88. The number of carbonyl (C=O) groups is 2. The molecule has 0 unspecified atom stereocenters. The number of hydrogen-bond acceptors (Lipinski definition) is 3. The van der Waals surface area contributed by atoms with Crippen LogP contribution in [0.15, 0.2) is 18.2 Å². The molecule has 1 aromatic carbocycles. The normalized spacial score (nSPS) is 13.6. The van der Waals surface area contributed by atoms with E-state index in [0.29, 0.717) is 12.5 Å². The van der Waals surface area contributed by atoms with Crippen molar-refractivity contribution in [3.63, 3.8) is 0 Å². The van der Waals surface area contributed by atoms with Gasteiger partial charge in [0.25, 0.3) is 0 Å². The minimum Gasteiger partial charge on any atom is -0.312 e. The lowest BCUT2D eigenvalue weighted by molar-refractivity contribution is -0.116. The lowest BCUT2D eigenvalue weighted by Crippen LogP contribution is -2.26. The predicted octanol–water partition coefficient (Wildman–Crippen LogP) is 2.41. The number of fused-ring (bicyclic) bond motifs is 1. The first-order chi connectivity index (χ1) is 9.99. The fraction of sp³-hybridized carbons (Fsp3) is 0.529. The van der Waals surface area contributed by atoms with E-state index in [2.05, 4.69) is 19.2 Å². The summed E-state index contributed by atoms with van der Waals surface area (Å²) in [5, 5.41) is 3.20. The quantitative estimate of drug-likeness (QED) is 0.646. The number of carbonyl (C=O) groups excluding carboxylic acids is 2. The number of ketones is 1. The van der Waals surface area contributed by atoms with Gasteiger partial charge in [-0.1, -0.05) is 13.8 Å². The monoisotopic (exact) mass is 288 g/mol. The molecule has 1 amide bonds. The molecule has 0 saturated carbocycles. The predicted molar refractivity (Wildman–Crippen MR) is 84.8 cm³/mol. The third-order valence-electron chi connectivity index (χ3n) is 3.86. The van der Waals surface area contributed by atoms with Crippen LogP contribution in [0, 0.1) is 5.92 Å². The third-order valence-corrected chi connectivity index (χ3v) is 3.86. The number of benzene rings is 1. The largest absolute Gasteiger partial charge is 0.312 e. The highest BCUT2D eigenvalue weighted by Crippen LogP contribution is 2.28. The molecule has 1 aliphatic rings. The Morgan fingerprint density at radius 3 is 2.76 bits per heavy atom. The number of nitrogens with one attached hydrogen (secondary N) is 1. The fourth-order valence-electron chi connectivity index (χ4n) is 2.60. The lowest BCUT2D eigenvalue weighted by atomic mass is 10.0. The Balaban J connectivity index is 1.96. The van der Waals surface area contributed by atoms with Crippen LogP contribution in [0.3, 0.4) is 0 Å². The SMILES string of the molecule is CC(=O)N1CCc2cc(C(=O)CNCCC(C)C)ccc21. The molecule has 0 radical (unpaired) electrons. The van der Waals surface area contributed by atoms with E-state index in [1.54, 1.807) is 11.8 Å². The Morgan fingerprint density at radius 1 is 1.33 bits per heavy atom. The fourth-order valence-corrected chi connectivity index (χ4v) is 2.60. The smallest absolute Gasteiger partial charge is 0.223 e. The van der Waals surface area contributed by atoms with Crippen molar-refractivity contribution in [2.75, 3.05) is 24.5 Å². The molecule has 1 aromatic rings. The van der Waals surface area contributed by atoms with Crippen molar-refractivity contribution in [1.82, 2.24) is 5.32 Å². The zero-order chi connectivity index (χ0) is 15.4. The van der Waals surface area contributed by atoms with E-state index in [1.165, 1.54) is 0 Å². The molecular formula is C17H24N2O2. The van der Waals surface area contributed by atoms with Crippen LogP contribution in [0.25, 0.3) is 0 Å². The van der Waals surface area contributed by atoms with Gasteiger partial charge in [0.05, 0.1) is 6.54 Å². The van der Waals surface area contributed by atoms with E-state index >= 15 is 0 Å². The molecule has 4 heteroatoms. The second-order valence-corrected chi connectivity index (χ2v) is 6.05. The van der Waals surface area contributed by atoms with Gasteiger partial charge >= 0.3 is 0 Å². The summed E-state index contributed by atoms with van der Waals surface area (Å²) in [4.78, 5) is 25.4. The van der Waals surface area contributed by atoms with Crippen molar-refractivity contribution >= 4 is 17.4 Å². The van der Waals surface area contributed by atoms with Crippen LogP contribution in [-0.2, 0) is 11.2 Å². The number of hydrogen-bond donors (Lipinski definition) is 1. The van der Waals surface area contributed by atoms with Gasteiger partial charge in [0.1, 0.15) is 0 Å². The van der Waals surface area contributed by atoms with Crippen molar-refractivity contribution in [3.8, 4) is 0 Å². The van der Waals surface area contributed by atoms with Gasteiger partial charge in [-0.2, -0.15) is 0 Å². The van der Waals surface area contributed by atoms with Crippen molar-refractivity contribution in [2.24, 2.45) is 5.92 Å². The molecule has 1 N–H and O–H groups in total. The second kappa shape index (κ2) is 6.85. The van der Waals surface area contributed by atoms with Gasteiger partial charge in [-0.15, -0.1) is 0 Å². The van der Waals surface area contributed by atoms with Crippen molar-refractivity contribution in [3.05, 3.63) is 29.3 Å². The van der Waals surface area contributed by atoms with Crippen LogP contribution in [0.2, 0.25) is 0 Å². The molecule has 0 spiro atoms. The molecule has 21 heavy (non-hydrogen) atoms. The lowest BCUT2D eigenvalue weighted by Gasteiger charge is -2.14. The van der Waals surface area contributed by atoms with Gasteiger partial charge in [0, 0.05) is 24.7 Å². The molecular weight excluding hydrogens is 264 g/mol. The van der Waals surface area contributed by atoms with E-state index in [9.17, 15) is 9.59 Å². The molecule has 0 saturated heterocycles. The first-order valence-corrected chi connectivity index (χ1v) is 7.64. The molecule has 2 rings (SSSR count). The third kappa shape index (κ3) is 3.91. The number of rotatable bonds is 6. The van der Waals surface area contributed by atoms with Gasteiger partial charge in [0.2, 0.25) is 5.91 Å². The molecule has 0 bridgehead atoms. The Labute approximate surface area is 126 Å². The molecule has 0 aliphatic carbocycles. The van der Waals surface area contributed by atoms with Crippen LogP contribution >= 0.6 is 0 Å². The van der Waals surface area contributed by atoms with E-state index in [1.807, 2.05) is 18.2 Å². The van der Waals surface area contributed by atoms with Gasteiger partial charge in [-0.25, -0.2) is 0 Å². The van der Waals surface area contributed by atoms with Crippen LogP contribution in [-0.4, -0.2) is 31.3 Å². The summed E-state index contributed by atoms with van der Waals surface area (Å²) in [5.74, 6) is 0.816. The van der Waals surface area contributed by atoms with E-state index < -0.39 is 0 Å². The summed E-state index contributed by atoms with van der Waals surface area (Å²) >= 11 is 0. The Hall–Kier alpha value is -1.68. The highest BCUT2D eigenvalue weighted by atomic mass is 16.2. The Bertz CT molecular complexity index is 538. The van der Waals surface area contributed by atoms with Crippen LogP contribution in [0.1, 0.15) is 43.1 Å². The van der Waals surface area contributed by atoms with Gasteiger partial charge in [0.15, 0.2) is 5.78 Å². The first kappa shape index (κ1) is 15.7. The topological polar surface area (TPSA) is 49.4 Å². The summed E-state index contributed by atoms with van der Waals surface area (Å²) < 4.78 is 0. The maximum Gasteiger partial charge on any atom is 0.223 e. The standard InChI is InChI=1S/C17H24N2O2/c1-12(2)6-8-18-11-17(21)15-4-5-16-14(10-15)7-9-19(16)13(3)20/h4-5,10,12,18H,6-9,11H2,1-3H3. The minimum absolute atomic E-state index is 0.0585. The molecule has 0 atom stereocenters.